The molecule has 0 fully saturated rings. The number of hydrogen-bond donors (Lipinski definition) is 1. The highest BCUT2D eigenvalue weighted by Crippen LogP contribution is 2.35. The van der Waals surface area contributed by atoms with Gasteiger partial charge >= 0.3 is 0 Å². The van der Waals surface area contributed by atoms with Crippen molar-refractivity contribution in [3.05, 3.63) is 22.7 Å². The van der Waals surface area contributed by atoms with Gasteiger partial charge in [-0.15, -0.1) is 0 Å². The standard InChI is InChI=1S/C16H25ClO3/c1-4-6-7-12(5-2)11-20-16-13(10-18)8-14(17)9-15(16)19-3/h8-9,12,18H,4-7,10-11H2,1-3H3. The van der Waals surface area contributed by atoms with Crippen LogP contribution in [0.15, 0.2) is 12.1 Å². The van der Waals surface area contributed by atoms with Crippen LogP contribution in [0.3, 0.4) is 0 Å². The lowest BCUT2D eigenvalue weighted by atomic mass is 10.0. The van der Waals surface area contributed by atoms with Gasteiger partial charge in [0.25, 0.3) is 0 Å². The molecule has 0 saturated heterocycles. The third-order valence-corrected chi connectivity index (χ3v) is 3.71. The molecular weight excluding hydrogens is 276 g/mol. The highest BCUT2D eigenvalue weighted by atomic mass is 35.5. The van der Waals surface area contributed by atoms with Crippen LogP contribution in [0.4, 0.5) is 0 Å². The summed E-state index contributed by atoms with van der Waals surface area (Å²) in [6, 6.07) is 3.43. The molecule has 3 nitrogen and oxygen atoms in total. The second kappa shape index (κ2) is 9.09. The maximum atomic E-state index is 9.43. The summed E-state index contributed by atoms with van der Waals surface area (Å²) in [6.07, 6.45) is 4.66. The van der Waals surface area contributed by atoms with Gasteiger partial charge in [0.1, 0.15) is 0 Å². The van der Waals surface area contributed by atoms with Gasteiger partial charge in [0.2, 0.25) is 0 Å². The average Bonchev–Trinajstić information content (AvgIpc) is 2.47. The lowest BCUT2D eigenvalue weighted by molar-refractivity contribution is 0.213. The number of methoxy groups -OCH3 is 1. The molecule has 114 valence electrons. The summed E-state index contributed by atoms with van der Waals surface area (Å²) in [6.45, 7) is 4.90. The minimum atomic E-state index is -0.113. The van der Waals surface area contributed by atoms with E-state index in [4.69, 9.17) is 21.1 Å². The van der Waals surface area contributed by atoms with E-state index in [0.717, 1.165) is 12.8 Å². The van der Waals surface area contributed by atoms with Crippen LogP contribution >= 0.6 is 11.6 Å². The third-order valence-electron chi connectivity index (χ3n) is 3.49. The van der Waals surface area contributed by atoms with E-state index in [1.54, 1.807) is 19.2 Å². The molecule has 0 aliphatic heterocycles. The van der Waals surface area contributed by atoms with Crippen molar-refractivity contribution in [2.24, 2.45) is 5.92 Å². The van der Waals surface area contributed by atoms with Crippen molar-refractivity contribution in [2.45, 2.75) is 46.1 Å². The fourth-order valence-corrected chi connectivity index (χ4v) is 2.39. The largest absolute Gasteiger partial charge is 0.493 e. The molecule has 1 atom stereocenters. The maximum Gasteiger partial charge on any atom is 0.166 e. The quantitative estimate of drug-likeness (QED) is 0.733. The van der Waals surface area contributed by atoms with Gasteiger partial charge in [-0.3, -0.25) is 0 Å². The van der Waals surface area contributed by atoms with Crippen LogP contribution in [-0.4, -0.2) is 18.8 Å². The Kier molecular flexibility index (Phi) is 7.78. The van der Waals surface area contributed by atoms with Crippen molar-refractivity contribution in [1.29, 1.82) is 0 Å². The molecule has 1 aromatic rings. The van der Waals surface area contributed by atoms with E-state index in [0.29, 0.717) is 34.6 Å². The van der Waals surface area contributed by atoms with Gasteiger partial charge in [-0.1, -0.05) is 44.7 Å². The first-order valence-electron chi connectivity index (χ1n) is 7.26. The third kappa shape index (κ3) is 4.88. The van der Waals surface area contributed by atoms with Gasteiger partial charge in [0, 0.05) is 16.7 Å². The van der Waals surface area contributed by atoms with Gasteiger partial charge in [0.05, 0.1) is 20.3 Å². The Morgan fingerprint density at radius 1 is 1.30 bits per heavy atom. The van der Waals surface area contributed by atoms with Gasteiger partial charge in [0.15, 0.2) is 11.5 Å². The molecule has 20 heavy (non-hydrogen) atoms. The molecule has 0 radical (unpaired) electrons. The summed E-state index contributed by atoms with van der Waals surface area (Å²) < 4.78 is 11.2. The number of unbranched alkanes of at least 4 members (excludes halogenated alkanes) is 1. The number of benzene rings is 1. The normalized spacial score (nSPS) is 12.2. The average molecular weight is 301 g/mol. The molecule has 0 aromatic heterocycles. The van der Waals surface area contributed by atoms with Crippen molar-refractivity contribution >= 4 is 11.6 Å². The van der Waals surface area contributed by atoms with Crippen molar-refractivity contribution in [2.75, 3.05) is 13.7 Å². The number of halogens is 1. The fraction of sp³-hybridized carbons (Fsp3) is 0.625. The number of rotatable bonds is 9. The lowest BCUT2D eigenvalue weighted by Crippen LogP contribution is -2.13. The van der Waals surface area contributed by atoms with E-state index in [9.17, 15) is 5.11 Å². The van der Waals surface area contributed by atoms with Crippen LogP contribution in [0.1, 0.15) is 45.1 Å². The summed E-state index contributed by atoms with van der Waals surface area (Å²) in [4.78, 5) is 0. The molecule has 0 aliphatic carbocycles. The molecule has 0 spiro atoms. The number of aliphatic hydroxyl groups is 1. The Morgan fingerprint density at radius 3 is 2.60 bits per heavy atom. The Hall–Kier alpha value is -0.930. The van der Waals surface area contributed by atoms with E-state index >= 15 is 0 Å². The Bertz CT molecular complexity index is 382. The predicted molar refractivity (Wildman–Crippen MR) is 82.7 cm³/mol. The van der Waals surface area contributed by atoms with Crippen LogP contribution in [0, 0.1) is 5.92 Å². The molecule has 1 N–H and O–H groups in total. The van der Waals surface area contributed by atoms with Crippen molar-refractivity contribution in [3.8, 4) is 11.5 Å². The first-order chi connectivity index (χ1) is 9.65. The number of ether oxygens (including phenoxy) is 2. The van der Waals surface area contributed by atoms with Gasteiger partial charge < -0.3 is 14.6 Å². The molecule has 0 saturated carbocycles. The van der Waals surface area contributed by atoms with E-state index in [1.165, 1.54) is 12.8 Å². The van der Waals surface area contributed by atoms with Crippen LogP contribution in [0.25, 0.3) is 0 Å². The summed E-state index contributed by atoms with van der Waals surface area (Å²) in [5.74, 6) is 1.71. The Morgan fingerprint density at radius 2 is 2.05 bits per heavy atom. The highest BCUT2D eigenvalue weighted by molar-refractivity contribution is 6.30. The summed E-state index contributed by atoms with van der Waals surface area (Å²) in [7, 11) is 1.58. The first kappa shape index (κ1) is 17.1. The van der Waals surface area contributed by atoms with E-state index in [1.807, 2.05) is 0 Å². The van der Waals surface area contributed by atoms with Crippen molar-refractivity contribution in [3.63, 3.8) is 0 Å². The molecule has 1 unspecified atom stereocenters. The van der Waals surface area contributed by atoms with Gasteiger partial charge in [-0.25, -0.2) is 0 Å². The Labute approximate surface area is 126 Å². The summed E-state index contributed by atoms with van der Waals surface area (Å²) in [5, 5.41) is 9.97. The number of aliphatic hydroxyl groups excluding tert-OH is 1. The zero-order chi connectivity index (χ0) is 15.0. The minimum Gasteiger partial charge on any atom is -0.493 e. The molecule has 0 amide bonds. The van der Waals surface area contributed by atoms with Crippen LogP contribution in [0.2, 0.25) is 5.02 Å². The SMILES string of the molecule is CCCCC(CC)COc1c(CO)cc(Cl)cc1OC. The highest BCUT2D eigenvalue weighted by Gasteiger charge is 2.14. The van der Waals surface area contributed by atoms with E-state index in [-0.39, 0.29) is 6.61 Å². The monoisotopic (exact) mass is 300 g/mol. The molecule has 0 aliphatic rings. The molecule has 0 bridgehead atoms. The molecule has 1 aromatic carbocycles. The topological polar surface area (TPSA) is 38.7 Å². The second-order valence-corrected chi connectivity index (χ2v) is 5.42. The predicted octanol–water partition coefficient (Wildman–Crippen LogP) is 4.44. The van der Waals surface area contributed by atoms with Crippen molar-refractivity contribution in [1.82, 2.24) is 0 Å². The summed E-state index contributed by atoms with van der Waals surface area (Å²) in [5.41, 5.74) is 0.666. The summed E-state index contributed by atoms with van der Waals surface area (Å²) >= 11 is 5.99. The van der Waals surface area contributed by atoms with Crippen molar-refractivity contribution < 1.29 is 14.6 Å². The lowest BCUT2D eigenvalue weighted by Gasteiger charge is -2.19. The van der Waals surface area contributed by atoms with Gasteiger partial charge in [-0.2, -0.15) is 0 Å². The van der Waals surface area contributed by atoms with Crippen LogP contribution < -0.4 is 9.47 Å². The zero-order valence-corrected chi connectivity index (χ0v) is 13.4. The second-order valence-electron chi connectivity index (χ2n) is 4.98. The van der Waals surface area contributed by atoms with E-state index in [2.05, 4.69) is 13.8 Å². The van der Waals surface area contributed by atoms with Gasteiger partial charge in [-0.05, 0) is 18.4 Å². The molecule has 0 heterocycles. The zero-order valence-electron chi connectivity index (χ0n) is 12.6. The number of hydrogen-bond acceptors (Lipinski definition) is 3. The fourth-order valence-electron chi connectivity index (χ4n) is 2.15. The van der Waals surface area contributed by atoms with Crippen LogP contribution in [0.5, 0.6) is 11.5 Å². The first-order valence-corrected chi connectivity index (χ1v) is 7.64. The molecular formula is C16H25ClO3. The van der Waals surface area contributed by atoms with Crippen LogP contribution in [-0.2, 0) is 6.61 Å². The smallest absolute Gasteiger partial charge is 0.166 e. The Balaban J connectivity index is 2.79. The van der Waals surface area contributed by atoms with E-state index < -0.39 is 0 Å². The molecule has 1 rings (SSSR count). The maximum absolute atomic E-state index is 9.43. The molecule has 4 heteroatoms. The minimum absolute atomic E-state index is 0.113.